The molecule has 29 heavy (non-hydrogen) atoms. The second kappa shape index (κ2) is 6.65. The van der Waals surface area contributed by atoms with Crippen molar-refractivity contribution in [3.05, 3.63) is 65.2 Å². The summed E-state index contributed by atoms with van der Waals surface area (Å²) in [6, 6.07) is 10.4. The van der Waals surface area contributed by atoms with E-state index in [1.54, 1.807) is 23.1 Å². The average Bonchev–Trinajstić information content (AvgIpc) is 3.53. The molecule has 2 aromatic rings. The summed E-state index contributed by atoms with van der Waals surface area (Å²) in [5, 5.41) is 0. The highest BCUT2D eigenvalue weighted by molar-refractivity contribution is 5.99. The van der Waals surface area contributed by atoms with Crippen molar-refractivity contribution in [2.45, 2.75) is 31.1 Å². The summed E-state index contributed by atoms with van der Waals surface area (Å²) in [6.07, 6.45) is 3.15. The molecule has 6 heteroatoms. The van der Waals surface area contributed by atoms with Crippen LogP contribution in [0.25, 0.3) is 0 Å². The number of fused-ring (bicyclic) bond motifs is 2. The van der Waals surface area contributed by atoms with E-state index >= 15 is 0 Å². The van der Waals surface area contributed by atoms with Gasteiger partial charge in [-0.05, 0) is 67.6 Å². The number of benzene rings is 2. The summed E-state index contributed by atoms with van der Waals surface area (Å²) >= 11 is 0. The largest absolute Gasteiger partial charge is 0.339 e. The quantitative estimate of drug-likeness (QED) is 0.773. The van der Waals surface area contributed by atoms with Gasteiger partial charge in [0.15, 0.2) is 0 Å². The van der Waals surface area contributed by atoms with Crippen molar-refractivity contribution >= 4 is 17.5 Å². The molecule has 0 radical (unpaired) electrons. The van der Waals surface area contributed by atoms with E-state index in [4.69, 9.17) is 0 Å². The molecule has 2 amide bonds. The molecule has 5 rings (SSSR count). The first-order valence-corrected chi connectivity index (χ1v) is 10.1. The van der Waals surface area contributed by atoms with Crippen LogP contribution in [0.2, 0.25) is 0 Å². The van der Waals surface area contributed by atoms with E-state index in [1.165, 1.54) is 24.3 Å². The van der Waals surface area contributed by atoms with Crippen molar-refractivity contribution in [3.8, 4) is 0 Å². The van der Waals surface area contributed by atoms with Gasteiger partial charge in [0, 0.05) is 42.2 Å². The lowest BCUT2D eigenvalue weighted by Gasteiger charge is -2.40. The fourth-order valence-corrected chi connectivity index (χ4v) is 4.76. The number of hydrogen-bond donors (Lipinski definition) is 0. The second-order valence-electron chi connectivity index (χ2n) is 8.44. The summed E-state index contributed by atoms with van der Waals surface area (Å²) in [7, 11) is 0. The number of likely N-dealkylation sites (tertiary alicyclic amines) is 1. The van der Waals surface area contributed by atoms with Crippen LogP contribution in [0, 0.1) is 17.6 Å². The second-order valence-corrected chi connectivity index (χ2v) is 8.44. The van der Waals surface area contributed by atoms with Crippen LogP contribution in [-0.2, 0) is 10.2 Å². The maximum Gasteiger partial charge on any atom is 0.253 e. The smallest absolute Gasteiger partial charge is 0.253 e. The first-order valence-electron chi connectivity index (χ1n) is 10.1. The lowest BCUT2D eigenvalue weighted by molar-refractivity contribution is -0.119. The van der Waals surface area contributed by atoms with Crippen molar-refractivity contribution in [2.24, 2.45) is 5.92 Å². The van der Waals surface area contributed by atoms with Gasteiger partial charge in [-0.3, -0.25) is 9.59 Å². The molecule has 1 saturated heterocycles. The van der Waals surface area contributed by atoms with Crippen molar-refractivity contribution in [1.29, 1.82) is 0 Å². The van der Waals surface area contributed by atoms with Crippen LogP contribution in [0.5, 0.6) is 0 Å². The molecule has 0 N–H and O–H groups in total. The Bertz CT molecular complexity index is 994. The number of carbonyl (C=O) groups is 2. The van der Waals surface area contributed by atoms with E-state index in [2.05, 4.69) is 0 Å². The zero-order valence-electron chi connectivity index (χ0n) is 16.0. The number of hydrogen-bond acceptors (Lipinski definition) is 2. The fraction of sp³-hybridized carbons (Fsp3) is 0.391. The minimum atomic E-state index is -0.432. The Morgan fingerprint density at radius 2 is 1.69 bits per heavy atom. The molecule has 2 aliphatic heterocycles. The van der Waals surface area contributed by atoms with Crippen molar-refractivity contribution in [2.75, 3.05) is 24.5 Å². The van der Waals surface area contributed by atoms with Gasteiger partial charge < -0.3 is 9.80 Å². The number of piperidine rings is 1. The SMILES string of the molecule is O=C(c1cccc(F)c1)N1CCC2(CC1)CN(C(=O)C1CC1)c1ccc(F)cc12. The Morgan fingerprint density at radius 3 is 2.38 bits per heavy atom. The Labute approximate surface area is 168 Å². The van der Waals surface area contributed by atoms with Gasteiger partial charge in [-0.1, -0.05) is 6.07 Å². The Balaban J connectivity index is 1.39. The summed E-state index contributed by atoms with van der Waals surface area (Å²) in [4.78, 5) is 29.1. The van der Waals surface area contributed by atoms with Gasteiger partial charge in [0.1, 0.15) is 11.6 Å². The van der Waals surface area contributed by atoms with Crippen LogP contribution < -0.4 is 4.90 Å². The molecule has 4 nitrogen and oxygen atoms in total. The molecule has 150 valence electrons. The topological polar surface area (TPSA) is 40.6 Å². The van der Waals surface area contributed by atoms with Gasteiger partial charge in [0.25, 0.3) is 5.91 Å². The van der Waals surface area contributed by atoms with Gasteiger partial charge in [-0.15, -0.1) is 0 Å². The van der Waals surface area contributed by atoms with Crippen LogP contribution >= 0.6 is 0 Å². The first-order chi connectivity index (χ1) is 14.0. The Hall–Kier alpha value is -2.76. The summed E-state index contributed by atoms with van der Waals surface area (Å²) in [5.41, 5.74) is 1.70. The van der Waals surface area contributed by atoms with Crippen molar-refractivity contribution in [1.82, 2.24) is 4.90 Å². The van der Waals surface area contributed by atoms with Gasteiger partial charge in [0.05, 0.1) is 0 Å². The molecule has 0 unspecified atom stereocenters. The lowest BCUT2D eigenvalue weighted by Crippen LogP contribution is -2.48. The van der Waals surface area contributed by atoms with Crippen LogP contribution in [-0.4, -0.2) is 36.3 Å². The molecule has 2 aromatic carbocycles. The maximum atomic E-state index is 14.1. The number of amides is 2. The van der Waals surface area contributed by atoms with E-state index in [9.17, 15) is 18.4 Å². The van der Waals surface area contributed by atoms with E-state index < -0.39 is 5.82 Å². The monoisotopic (exact) mass is 396 g/mol. The predicted octanol–water partition coefficient (Wildman–Crippen LogP) is 3.90. The molecule has 0 bridgehead atoms. The molecular weight excluding hydrogens is 374 g/mol. The van der Waals surface area contributed by atoms with Crippen LogP contribution in [0.3, 0.4) is 0 Å². The molecule has 1 aliphatic carbocycles. The highest BCUT2D eigenvalue weighted by Crippen LogP contribution is 2.49. The number of rotatable bonds is 2. The Morgan fingerprint density at radius 1 is 0.966 bits per heavy atom. The average molecular weight is 396 g/mol. The maximum absolute atomic E-state index is 14.1. The fourth-order valence-electron chi connectivity index (χ4n) is 4.76. The lowest BCUT2D eigenvalue weighted by atomic mass is 9.74. The van der Waals surface area contributed by atoms with Gasteiger partial charge in [0.2, 0.25) is 5.91 Å². The summed E-state index contributed by atoms with van der Waals surface area (Å²) in [6.45, 7) is 1.54. The van der Waals surface area contributed by atoms with Crippen LogP contribution in [0.4, 0.5) is 14.5 Å². The van der Waals surface area contributed by atoms with E-state index in [0.717, 1.165) is 24.1 Å². The van der Waals surface area contributed by atoms with E-state index in [-0.39, 0.29) is 29.0 Å². The van der Waals surface area contributed by atoms with Crippen molar-refractivity contribution in [3.63, 3.8) is 0 Å². The number of halogens is 2. The normalized spacial score (nSPS) is 20.1. The van der Waals surface area contributed by atoms with Crippen LogP contribution in [0.1, 0.15) is 41.6 Å². The highest BCUT2D eigenvalue weighted by atomic mass is 19.1. The van der Waals surface area contributed by atoms with E-state index in [0.29, 0.717) is 38.0 Å². The molecule has 2 heterocycles. The molecular formula is C23H22F2N2O2. The zero-order valence-corrected chi connectivity index (χ0v) is 16.0. The predicted molar refractivity (Wildman–Crippen MR) is 105 cm³/mol. The first kappa shape index (κ1) is 18.3. The zero-order chi connectivity index (χ0) is 20.2. The van der Waals surface area contributed by atoms with Gasteiger partial charge in [-0.25, -0.2) is 8.78 Å². The minimum absolute atomic E-state index is 0.0951. The third kappa shape index (κ3) is 3.11. The molecule has 0 atom stereocenters. The number of carbonyl (C=O) groups excluding carboxylic acids is 2. The van der Waals surface area contributed by atoms with Gasteiger partial charge in [-0.2, -0.15) is 0 Å². The summed E-state index contributed by atoms with van der Waals surface area (Å²) < 4.78 is 27.5. The third-order valence-corrected chi connectivity index (χ3v) is 6.55. The van der Waals surface area contributed by atoms with Crippen LogP contribution in [0.15, 0.2) is 42.5 Å². The molecule has 1 spiro atoms. The minimum Gasteiger partial charge on any atom is -0.339 e. The molecule has 0 aromatic heterocycles. The standard InChI is InChI=1S/C23H22F2N2O2/c24-17-3-1-2-16(12-17)21(28)26-10-8-23(9-11-26)14-27(22(29)15-4-5-15)20-7-6-18(25)13-19(20)23/h1-3,6-7,12-13,15H,4-5,8-11,14H2. The van der Waals surface area contributed by atoms with Gasteiger partial charge >= 0.3 is 0 Å². The Kier molecular flexibility index (Phi) is 4.19. The molecule has 2 fully saturated rings. The number of nitrogens with zero attached hydrogens (tertiary/aromatic N) is 2. The van der Waals surface area contributed by atoms with Crippen molar-refractivity contribution < 1.29 is 18.4 Å². The number of anilines is 1. The van der Waals surface area contributed by atoms with E-state index in [1.807, 2.05) is 4.90 Å². The highest BCUT2D eigenvalue weighted by Gasteiger charge is 2.49. The summed E-state index contributed by atoms with van der Waals surface area (Å²) in [5.74, 6) is -0.700. The third-order valence-electron chi connectivity index (χ3n) is 6.55. The molecule has 1 saturated carbocycles. The molecule has 3 aliphatic rings.